The predicted molar refractivity (Wildman–Crippen MR) is 73.4 cm³/mol. The molecule has 0 aliphatic carbocycles. The van der Waals surface area contributed by atoms with E-state index in [1.54, 1.807) is 14.2 Å². The molecule has 0 aromatic heterocycles. The molecule has 106 valence electrons. The van der Waals surface area contributed by atoms with E-state index in [9.17, 15) is 8.42 Å². The Labute approximate surface area is 113 Å². The molecule has 0 amide bonds. The van der Waals surface area contributed by atoms with Crippen molar-refractivity contribution in [3.63, 3.8) is 0 Å². The van der Waals surface area contributed by atoms with Gasteiger partial charge in [0.25, 0.3) is 0 Å². The third-order valence-corrected chi connectivity index (χ3v) is 5.07. The van der Waals surface area contributed by atoms with Gasteiger partial charge in [-0.05, 0) is 24.6 Å². The van der Waals surface area contributed by atoms with Crippen LogP contribution in [0.2, 0.25) is 0 Å². The Bertz CT molecular complexity index is 542. The highest BCUT2D eigenvalue weighted by atomic mass is 32.2. The topological polar surface area (TPSA) is 64.6 Å². The van der Waals surface area contributed by atoms with Crippen LogP contribution in [0.4, 0.5) is 0 Å². The van der Waals surface area contributed by atoms with Gasteiger partial charge in [0.05, 0.1) is 25.7 Å². The lowest BCUT2D eigenvalue weighted by Gasteiger charge is -2.14. The average Bonchev–Trinajstić information content (AvgIpc) is 2.75. The summed E-state index contributed by atoms with van der Waals surface area (Å²) in [7, 11) is 0.383. The first kappa shape index (κ1) is 14.1. The third kappa shape index (κ3) is 3.61. The molecule has 0 spiro atoms. The highest BCUT2D eigenvalue weighted by molar-refractivity contribution is 7.91. The number of rotatable bonds is 5. The first-order valence-electron chi connectivity index (χ1n) is 6.19. The van der Waals surface area contributed by atoms with Gasteiger partial charge in [-0.3, -0.25) is 0 Å². The van der Waals surface area contributed by atoms with E-state index >= 15 is 0 Å². The Morgan fingerprint density at radius 1 is 1.32 bits per heavy atom. The molecule has 1 aromatic rings. The van der Waals surface area contributed by atoms with Crippen molar-refractivity contribution in [2.24, 2.45) is 0 Å². The van der Waals surface area contributed by atoms with Crippen LogP contribution in [0, 0.1) is 0 Å². The normalized spacial score (nSPS) is 21.3. The van der Waals surface area contributed by atoms with Gasteiger partial charge in [-0.1, -0.05) is 0 Å². The number of nitrogens with one attached hydrogen (secondary N) is 1. The number of hydrogen-bond acceptors (Lipinski definition) is 5. The van der Waals surface area contributed by atoms with Crippen LogP contribution in [0.25, 0.3) is 0 Å². The minimum atomic E-state index is -2.85. The minimum Gasteiger partial charge on any atom is -0.497 e. The molecule has 1 heterocycles. The predicted octanol–water partition coefficient (Wildman–Crippen LogP) is 0.980. The van der Waals surface area contributed by atoms with E-state index in [0.29, 0.717) is 13.0 Å². The second kappa shape index (κ2) is 5.79. The van der Waals surface area contributed by atoms with Gasteiger partial charge in [0.2, 0.25) is 0 Å². The number of ether oxygens (including phenoxy) is 2. The quantitative estimate of drug-likeness (QED) is 0.873. The van der Waals surface area contributed by atoms with Crippen molar-refractivity contribution in [3.8, 4) is 11.5 Å². The largest absolute Gasteiger partial charge is 0.497 e. The van der Waals surface area contributed by atoms with Gasteiger partial charge < -0.3 is 14.8 Å². The zero-order valence-electron chi connectivity index (χ0n) is 11.2. The maximum atomic E-state index is 11.4. The van der Waals surface area contributed by atoms with Crippen molar-refractivity contribution >= 4 is 9.84 Å². The Balaban J connectivity index is 2.02. The summed E-state index contributed by atoms with van der Waals surface area (Å²) >= 11 is 0. The fraction of sp³-hybridized carbons (Fsp3) is 0.538. The SMILES string of the molecule is COc1ccc(OC)c(CNC2CCS(=O)(=O)C2)c1. The van der Waals surface area contributed by atoms with Crippen molar-refractivity contribution < 1.29 is 17.9 Å². The van der Waals surface area contributed by atoms with E-state index in [1.165, 1.54) is 0 Å². The zero-order valence-corrected chi connectivity index (χ0v) is 12.0. The molecule has 6 heteroatoms. The van der Waals surface area contributed by atoms with E-state index in [1.807, 2.05) is 18.2 Å². The molecular formula is C13H19NO4S. The summed E-state index contributed by atoms with van der Waals surface area (Å²) in [5, 5.41) is 3.26. The summed E-state index contributed by atoms with van der Waals surface area (Å²) in [6, 6.07) is 5.61. The summed E-state index contributed by atoms with van der Waals surface area (Å²) in [5.41, 5.74) is 0.964. The smallest absolute Gasteiger partial charge is 0.151 e. The van der Waals surface area contributed by atoms with Crippen molar-refractivity contribution in [2.75, 3.05) is 25.7 Å². The van der Waals surface area contributed by atoms with Crippen LogP contribution in [0.5, 0.6) is 11.5 Å². The molecule has 1 aromatic carbocycles. The number of hydrogen-bond donors (Lipinski definition) is 1. The molecule has 1 unspecified atom stereocenters. The first-order chi connectivity index (χ1) is 9.04. The fourth-order valence-corrected chi connectivity index (χ4v) is 3.94. The highest BCUT2D eigenvalue weighted by Crippen LogP contribution is 2.24. The van der Waals surface area contributed by atoms with Gasteiger partial charge in [0.15, 0.2) is 9.84 Å². The Morgan fingerprint density at radius 2 is 2.11 bits per heavy atom. The van der Waals surface area contributed by atoms with Gasteiger partial charge in [0, 0.05) is 18.2 Å². The van der Waals surface area contributed by atoms with E-state index in [-0.39, 0.29) is 17.5 Å². The van der Waals surface area contributed by atoms with Crippen LogP contribution >= 0.6 is 0 Å². The number of benzene rings is 1. The zero-order chi connectivity index (χ0) is 13.9. The third-order valence-electron chi connectivity index (χ3n) is 3.30. The van der Waals surface area contributed by atoms with Crippen molar-refractivity contribution in [2.45, 2.75) is 19.0 Å². The van der Waals surface area contributed by atoms with Gasteiger partial charge in [-0.25, -0.2) is 8.42 Å². The molecule has 5 nitrogen and oxygen atoms in total. The number of sulfone groups is 1. The average molecular weight is 285 g/mol. The fourth-order valence-electron chi connectivity index (χ4n) is 2.23. The molecule has 1 atom stereocenters. The van der Waals surface area contributed by atoms with Crippen LogP contribution in [-0.2, 0) is 16.4 Å². The molecular weight excluding hydrogens is 266 g/mol. The summed E-state index contributed by atoms with van der Waals surface area (Å²) in [6.07, 6.45) is 0.675. The van der Waals surface area contributed by atoms with Gasteiger partial charge in [0.1, 0.15) is 11.5 Å². The maximum absolute atomic E-state index is 11.4. The molecule has 1 N–H and O–H groups in total. The molecule has 0 bridgehead atoms. The molecule has 2 rings (SSSR count). The standard InChI is InChI=1S/C13H19NO4S/c1-17-12-3-4-13(18-2)10(7-12)8-14-11-5-6-19(15,16)9-11/h3-4,7,11,14H,5-6,8-9H2,1-2H3. The lowest BCUT2D eigenvalue weighted by Crippen LogP contribution is -2.29. The van der Waals surface area contributed by atoms with Gasteiger partial charge >= 0.3 is 0 Å². The highest BCUT2D eigenvalue weighted by Gasteiger charge is 2.27. The molecule has 0 radical (unpaired) electrons. The summed E-state index contributed by atoms with van der Waals surface area (Å²) in [6.45, 7) is 0.570. The monoisotopic (exact) mass is 285 g/mol. The van der Waals surface area contributed by atoms with Crippen molar-refractivity contribution in [1.82, 2.24) is 5.32 Å². The van der Waals surface area contributed by atoms with Crippen LogP contribution in [-0.4, -0.2) is 40.2 Å². The number of methoxy groups -OCH3 is 2. The second-order valence-electron chi connectivity index (χ2n) is 4.66. The summed E-state index contributed by atoms with van der Waals surface area (Å²) in [5.74, 6) is 2.03. The Morgan fingerprint density at radius 3 is 2.68 bits per heavy atom. The minimum absolute atomic E-state index is 0.0286. The van der Waals surface area contributed by atoms with E-state index in [2.05, 4.69) is 5.32 Å². The first-order valence-corrected chi connectivity index (χ1v) is 8.01. The molecule has 1 saturated heterocycles. The lowest BCUT2D eigenvalue weighted by atomic mass is 10.1. The van der Waals surface area contributed by atoms with Gasteiger partial charge in [-0.15, -0.1) is 0 Å². The second-order valence-corrected chi connectivity index (χ2v) is 6.89. The summed E-state index contributed by atoms with van der Waals surface area (Å²) in [4.78, 5) is 0. The molecule has 19 heavy (non-hydrogen) atoms. The maximum Gasteiger partial charge on any atom is 0.151 e. The Kier molecular flexibility index (Phi) is 4.31. The van der Waals surface area contributed by atoms with E-state index < -0.39 is 9.84 Å². The molecule has 0 saturated carbocycles. The van der Waals surface area contributed by atoms with E-state index in [4.69, 9.17) is 9.47 Å². The van der Waals surface area contributed by atoms with Crippen LogP contribution in [0.15, 0.2) is 18.2 Å². The lowest BCUT2D eigenvalue weighted by molar-refractivity contribution is 0.395. The van der Waals surface area contributed by atoms with Crippen LogP contribution in [0.3, 0.4) is 0 Å². The van der Waals surface area contributed by atoms with Crippen molar-refractivity contribution in [3.05, 3.63) is 23.8 Å². The van der Waals surface area contributed by atoms with E-state index in [0.717, 1.165) is 17.1 Å². The molecule has 1 fully saturated rings. The Hall–Kier alpha value is -1.27. The van der Waals surface area contributed by atoms with Crippen LogP contribution < -0.4 is 14.8 Å². The van der Waals surface area contributed by atoms with Gasteiger partial charge in [-0.2, -0.15) is 0 Å². The van der Waals surface area contributed by atoms with Crippen molar-refractivity contribution in [1.29, 1.82) is 0 Å². The van der Waals surface area contributed by atoms with Crippen LogP contribution in [0.1, 0.15) is 12.0 Å². The summed E-state index contributed by atoms with van der Waals surface area (Å²) < 4.78 is 33.2. The molecule has 1 aliphatic heterocycles. The molecule has 1 aliphatic rings.